The number of hydrogen-bond acceptors (Lipinski definition) is 9. The molecule has 0 unspecified atom stereocenters. The first-order chi connectivity index (χ1) is 21.4. The average Bonchev–Trinajstić information content (AvgIpc) is 3.45. The lowest BCUT2D eigenvalue weighted by Crippen LogP contribution is -2.30. The topological polar surface area (TPSA) is 168 Å². The predicted octanol–water partition coefficient (Wildman–Crippen LogP) is 3.00. The molecule has 4 N–H and O–H groups in total. The lowest BCUT2D eigenvalue weighted by Gasteiger charge is -2.19. The number of H-pyrrole nitrogens is 1. The summed E-state index contributed by atoms with van der Waals surface area (Å²) < 4.78 is 27.7. The molecule has 0 saturated heterocycles. The molecule has 2 aromatic heterocycles. The number of hydrogen-bond donors (Lipinski definition) is 4. The largest absolute Gasteiger partial charge is 0.497 e. The quantitative estimate of drug-likeness (QED) is 0.133. The molecule has 0 aliphatic heterocycles. The van der Waals surface area contributed by atoms with E-state index in [0.29, 0.717) is 22.4 Å². The van der Waals surface area contributed by atoms with Gasteiger partial charge >= 0.3 is 5.69 Å². The normalized spacial score (nSPS) is 11.5. The van der Waals surface area contributed by atoms with Gasteiger partial charge in [0.05, 0.1) is 19.6 Å². The second-order valence-corrected chi connectivity index (χ2v) is 9.53. The minimum atomic E-state index is -0.845. The van der Waals surface area contributed by atoms with Gasteiger partial charge in [-0.25, -0.2) is 19.2 Å². The molecule has 1 amide bonds. The number of amides is 1. The van der Waals surface area contributed by atoms with E-state index in [1.165, 1.54) is 31.6 Å². The first kappa shape index (κ1) is 29.8. The summed E-state index contributed by atoms with van der Waals surface area (Å²) in [5, 5.41) is 24.6. The number of carbonyl (C=O) groups excluding carboxylic acids is 1. The van der Waals surface area contributed by atoms with Crippen LogP contribution in [0, 0.1) is 11.2 Å². The van der Waals surface area contributed by atoms with Crippen LogP contribution in [0.15, 0.2) is 90.0 Å². The Hall–Kier alpha value is -5.69. The molecule has 44 heavy (non-hydrogen) atoms. The van der Waals surface area contributed by atoms with Gasteiger partial charge in [0.15, 0.2) is 11.6 Å². The summed E-state index contributed by atoms with van der Waals surface area (Å²) in [7, 11) is 1.43. The fourth-order valence-electron chi connectivity index (χ4n) is 4.50. The lowest BCUT2D eigenvalue weighted by molar-refractivity contribution is 0.0977. The van der Waals surface area contributed by atoms with E-state index in [4.69, 9.17) is 14.9 Å². The SMILES string of the molecule is COc1cc(OCCO)c(F)c([C@@H](Cc2ccc(C(=N)NC(=O)c3ccccc3)cc2)c2nn(-c3ncccn3)c(=O)[nH]2)c1. The van der Waals surface area contributed by atoms with Gasteiger partial charge < -0.3 is 19.9 Å². The number of rotatable bonds is 11. The first-order valence-corrected chi connectivity index (χ1v) is 13.5. The van der Waals surface area contributed by atoms with Crippen LogP contribution < -0.4 is 20.5 Å². The van der Waals surface area contributed by atoms with Gasteiger partial charge in [-0.2, -0.15) is 0 Å². The van der Waals surface area contributed by atoms with Crippen LogP contribution in [0.4, 0.5) is 4.39 Å². The summed E-state index contributed by atoms with van der Waals surface area (Å²) in [6, 6.07) is 19.8. The lowest BCUT2D eigenvalue weighted by atomic mass is 9.90. The molecule has 0 fully saturated rings. The highest BCUT2D eigenvalue weighted by Gasteiger charge is 2.27. The van der Waals surface area contributed by atoms with E-state index in [9.17, 15) is 14.7 Å². The summed E-state index contributed by atoms with van der Waals surface area (Å²) in [5.74, 6) is -1.71. The van der Waals surface area contributed by atoms with Gasteiger partial charge in [-0.3, -0.25) is 15.2 Å². The molecule has 2 heterocycles. The molecule has 3 aromatic carbocycles. The van der Waals surface area contributed by atoms with E-state index < -0.39 is 23.3 Å². The molecule has 1 atom stereocenters. The van der Waals surface area contributed by atoms with Crippen molar-refractivity contribution in [1.29, 1.82) is 5.41 Å². The molecule has 0 bridgehead atoms. The molecule has 0 spiro atoms. The van der Waals surface area contributed by atoms with Crippen molar-refractivity contribution in [1.82, 2.24) is 30.0 Å². The Bertz CT molecular complexity index is 1810. The summed E-state index contributed by atoms with van der Waals surface area (Å²) in [6.07, 6.45) is 3.10. The Morgan fingerprint density at radius 3 is 2.48 bits per heavy atom. The van der Waals surface area contributed by atoms with Gasteiger partial charge in [-0.05, 0) is 36.2 Å². The Morgan fingerprint density at radius 1 is 1.07 bits per heavy atom. The van der Waals surface area contributed by atoms with Gasteiger partial charge in [0.25, 0.3) is 11.9 Å². The van der Waals surface area contributed by atoms with E-state index in [0.717, 1.165) is 4.68 Å². The predicted molar refractivity (Wildman–Crippen MR) is 158 cm³/mol. The van der Waals surface area contributed by atoms with Crippen LogP contribution in [-0.4, -0.2) is 61.9 Å². The number of halogens is 1. The third kappa shape index (κ3) is 6.68. The fraction of sp³-hybridized carbons (Fsp3) is 0.161. The number of carbonyl (C=O) groups is 1. The van der Waals surface area contributed by atoms with E-state index >= 15 is 4.39 Å². The molecule has 12 nitrogen and oxygen atoms in total. The molecule has 5 rings (SSSR count). The summed E-state index contributed by atoms with van der Waals surface area (Å²) in [5.41, 5.74) is 1.11. The number of benzene rings is 3. The van der Waals surface area contributed by atoms with Crippen molar-refractivity contribution in [2.24, 2.45) is 0 Å². The Labute approximate surface area is 250 Å². The van der Waals surface area contributed by atoms with Crippen molar-refractivity contribution >= 4 is 11.7 Å². The number of amidine groups is 1. The van der Waals surface area contributed by atoms with Gasteiger partial charge in [-0.15, -0.1) is 9.78 Å². The summed E-state index contributed by atoms with van der Waals surface area (Å²) in [6.45, 7) is -0.462. The van der Waals surface area contributed by atoms with Crippen molar-refractivity contribution in [3.8, 4) is 17.4 Å². The number of nitrogens with zero attached hydrogens (tertiary/aromatic N) is 4. The fourth-order valence-corrected chi connectivity index (χ4v) is 4.50. The minimum Gasteiger partial charge on any atom is -0.497 e. The third-order valence-electron chi connectivity index (χ3n) is 6.66. The van der Waals surface area contributed by atoms with Crippen molar-refractivity contribution in [2.45, 2.75) is 12.3 Å². The molecular weight excluding hydrogens is 569 g/mol. The molecule has 224 valence electrons. The maximum atomic E-state index is 15.9. The van der Waals surface area contributed by atoms with E-state index in [2.05, 4.69) is 25.4 Å². The van der Waals surface area contributed by atoms with Crippen LogP contribution in [0.1, 0.15) is 38.8 Å². The van der Waals surface area contributed by atoms with Gasteiger partial charge in [0.1, 0.15) is 24.0 Å². The number of aromatic amines is 1. The zero-order valence-corrected chi connectivity index (χ0v) is 23.5. The summed E-state index contributed by atoms with van der Waals surface area (Å²) in [4.78, 5) is 36.2. The number of nitrogens with one attached hydrogen (secondary N) is 3. The molecular formula is C31H28FN7O5. The number of aliphatic hydroxyl groups is 1. The molecule has 13 heteroatoms. The number of aliphatic hydroxyl groups excluding tert-OH is 1. The Kier molecular flexibility index (Phi) is 9.16. The first-order valence-electron chi connectivity index (χ1n) is 13.5. The second kappa shape index (κ2) is 13.5. The smallest absolute Gasteiger partial charge is 0.350 e. The van der Waals surface area contributed by atoms with Gasteiger partial charge in [0.2, 0.25) is 0 Å². The van der Waals surface area contributed by atoms with Gasteiger partial charge in [0, 0.05) is 35.2 Å². The third-order valence-corrected chi connectivity index (χ3v) is 6.66. The molecule has 0 saturated carbocycles. The summed E-state index contributed by atoms with van der Waals surface area (Å²) >= 11 is 0. The van der Waals surface area contributed by atoms with Crippen LogP contribution in [0.5, 0.6) is 11.5 Å². The van der Waals surface area contributed by atoms with Crippen LogP contribution in [0.2, 0.25) is 0 Å². The van der Waals surface area contributed by atoms with Crippen LogP contribution >= 0.6 is 0 Å². The standard InChI is InChI=1S/C31H28FN7O5/c1-43-22-17-23(26(32)25(18-22)44-15-14-40)24(28-37-31(42)39(38-28)30-34-12-5-13-35-30)16-19-8-10-20(11-9-19)27(33)36-29(41)21-6-3-2-4-7-21/h2-13,17-18,24,40H,14-16H2,1H3,(H2,33,36,41)(H,37,38,42)/t24-/m1/s1. The van der Waals surface area contributed by atoms with Crippen molar-refractivity contribution in [2.75, 3.05) is 20.3 Å². The van der Waals surface area contributed by atoms with Crippen molar-refractivity contribution in [3.05, 3.63) is 130 Å². The van der Waals surface area contributed by atoms with Crippen LogP contribution in [0.3, 0.4) is 0 Å². The van der Waals surface area contributed by atoms with Gasteiger partial charge in [-0.1, -0.05) is 42.5 Å². The highest BCUT2D eigenvalue weighted by atomic mass is 19.1. The zero-order chi connectivity index (χ0) is 31.1. The number of methoxy groups -OCH3 is 1. The molecule has 0 aliphatic carbocycles. The second-order valence-electron chi connectivity index (χ2n) is 9.53. The maximum Gasteiger partial charge on any atom is 0.350 e. The Balaban J connectivity index is 1.49. The Morgan fingerprint density at radius 2 is 1.80 bits per heavy atom. The van der Waals surface area contributed by atoms with Crippen molar-refractivity contribution in [3.63, 3.8) is 0 Å². The van der Waals surface area contributed by atoms with Crippen LogP contribution in [-0.2, 0) is 6.42 Å². The highest BCUT2D eigenvalue weighted by molar-refractivity contribution is 6.11. The minimum absolute atomic E-state index is 0.0391. The van der Waals surface area contributed by atoms with Crippen molar-refractivity contribution < 1.29 is 23.8 Å². The van der Waals surface area contributed by atoms with E-state index in [-0.39, 0.29) is 48.6 Å². The van der Waals surface area contributed by atoms with E-state index in [1.54, 1.807) is 60.7 Å². The van der Waals surface area contributed by atoms with E-state index in [1.807, 2.05) is 0 Å². The maximum absolute atomic E-state index is 15.9. The number of aromatic nitrogens is 5. The monoisotopic (exact) mass is 597 g/mol. The number of ether oxygens (including phenoxy) is 2. The molecule has 0 radical (unpaired) electrons. The average molecular weight is 598 g/mol. The van der Waals surface area contributed by atoms with Crippen LogP contribution in [0.25, 0.3) is 5.95 Å². The molecule has 5 aromatic rings. The molecule has 0 aliphatic rings. The highest BCUT2D eigenvalue weighted by Crippen LogP contribution is 2.36. The zero-order valence-electron chi connectivity index (χ0n) is 23.5.